The third-order valence-corrected chi connectivity index (χ3v) is 4.39. The van der Waals surface area contributed by atoms with E-state index in [9.17, 15) is 4.79 Å². The molecule has 2 rings (SSSR count). The Bertz CT molecular complexity index is 753. The highest BCUT2D eigenvalue weighted by molar-refractivity contribution is 14.1. The summed E-state index contributed by atoms with van der Waals surface area (Å²) in [5, 5.41) is 3.66. The molecule has 0 aliphatic rings. The second-order valence-electron chi connectivity index (χ2n) is 4.73. The predicted molar refractivity (Wildman–Crippen MR) is 106 cm³/mol. The average molecular weight is 480 g/mol. The first kappa shape index (κ1) is 19.1. The fraction of sp³-hybridized carbons (Fsp3) is 0.235. The van der Waals surface area contributed by atoms with E-state index >= 15 is 0 Å². The smallest absolute Gasteiger partial charge is 0.255 e. The first-order chi connectivity index (χ1) is 11.5. The number of carbonyl (C=O) groups is 1. The van der Waals surface area contributed by atoms with Gasteiger partial charge >= 0.3 is 0 Å². The van der Waals surface area contributed by atoms with Crippen LogP contribution in [0.2, 0.25) is 10.0 Å². The molecule has 0 saturated heterocycles. The number of halogens is 3. The molecule has 1 N–H and O–H groups in total. The molecule has 0 saturated carbocycles. The fourth-order valence-electron chi connectivity index (χ4n) is 2.03. The summed E-state index contributed by atoms with van der Waals surface area (Å²) in [4.78, 5) is 12.5. The summed E-state index contributed by atoms with van der Waals surface area (Å²) in [6.07, 6.45) is 0. The minimum Gasteiger partial charge on any atom is -0.490 e. The van der Waals surface area contributed by atoms with Gasteiger partial charge in [-0.05, 0) is 66.8 Å². The lowest BCUT2D eigenvalue weighted by molar-refractivity contribution is 0.102. The number of amides is 1. The maximum atomic E-state index is 12.5. The van der Waals surface area contributed by atoms with E-state index in [4.69, 9.17) is 32.7 Å². The molecule has 1 amide bonds. The second-order valence-corrected chi connectivity index (χ2v) is 6.74. The van der Waals surface area contributed by atoms with Crippen LogP contribution >= 0.6 is 45.8 Å². The minimum absolute atomic E-state index is 0.291. The lowest BCUT2D eigenvalue weighted by atomic mass is 10.1. The van der Waals surface area contributed by atoms with E-state index in [-0.39, 0.29) is 5.91 Å². The summed E-state index contributed by atoms with van der Waals surface area (Å²) in [5.74, 6) is 0.890. The van der Waals surface area contributed by atoms with Crippen molar-refractivity contribution in [3.63, 3.8) is 0 Å². The van der Waals surface area contributed by atoms with Crippen LogP contribution in [0.5, 0.6) is 11.5 Å². The summed E-state index contributed by atoms with van der Waals surface area (Å²) >= 11 is 14.1. The zero-order valence-corrected chi connectivity index (χ0v) is 16.8. The van der Waals surface area contributed by atoms with Crippen molar-refractivity contribution in [2.75, 3.05) is 18.5 Å². The molecule has 0 aliphatic carbocycles. The van der Waals surface area contributed by atoms with Gasteiger partial charge in [-0.1, -0.05) is 23.2 Å². The van der Waals surface area contributed by atoms with E-state index in [1.165, 1.54) is 0 Å². The maximum Gasteiger partial charge on any atom is 0.255 e. The average Bonchev–Trinajstić information content (AvgIpc) is 2.53. The Morgan fingerprint density at radius 3 is 2.46 bits per heavy atom. The molecule has 0 bridgehead atoms. The van der Waals surface area contributed by atoms with Crippen LogP contribution in [-0.4, -0.2) is 19.1 Å². The molecule has 0 heterocycles. The number of benzene rings is 2. The van der Waals surface area contributed by atoms with Gasteiger partial charge in [-0.3, -0.25) is 4.79 Å². The van der Waals surface area contributed by atoms with Crippen LogP contribution in [0.15, 0.2) is 30.3 Å². The highest BCUT2D eigenvalue weighted by Crippen LogP contribution is 2.35. The molecule has 2 aromatic rings. The molecule has 2 aromatic carbocycles. The van der Waals surface area contributed by atoms with Crippen LogP contribution in [-0.2, 0) is 0 Å². The van der Waals surface area contributed by atoms with Gasteiger partial charge < -0.3 is 14.8 Å². The van der Waals surface area contributed by atoms with Gasteiger partial charge in [0.05, 0.1) is 27.5 Å². The summed E-state index contributed by atoms with van der Waals surface area (Å²) in [7, 11) is 0. The number of rotatable bonds is 6. The van der Waals surface area contributed by atoms with E-state index in [1.807, 2.05) is 13.8 Å². The van der Waals surface area contributed by atoms with Crippen molar-refractivity contribution < 1.29 is 14.3 Å². The monoisotopic (exact) mass is 479 g/mol. The fourth-order valence-corrected chi connectivity index (χ4v) is 3.24. The van der Waals surface area contributed by atoms with Crippen LogP contribution in [0, 0.1) is 3.57 Å². The van der Waals surface area contributed by atoms with Gasteiger partial charge in [0.25, 0.3) is 5.91 Å². The lowest BCUT2D eigenvalue weighted by Gasteiger charge is -2.15. The molecule has 0 radical (unpaired) electrons. The number of carbonyl (C=O) groups excluding carboxylic acids is 1. The number of anilines is 1. The van der Waals surface area contributed by atoms with Gasteiger partial charge in [-0.2, -0.15) is 0 Å². The molecule has 128 valence electrons. The first-order valence-electron chi connectivity index (χ1n) is 7.31. The molecule has 0 aliphatic heterocycles. The van der Waals surface area contributed by atoms with Crippen molar-refractivity contribution in [1.29, 1.82) is 0 Å². The highest BCUT2D eigenvalue weighted by atomic mass is 127. The van der Waals surface area contributed by atoms with Crippen molar-refractivity contribution in [3.8, 4) is 11.5 Å². The number of hydrogen-bond acceptors (Lipinski definition) is 3. The quantitative estimate of drug-likeness (QED) is 0.544. The topological polar surface area (TPSA) is 47.6 Å². The molecule has 4 nitrogen and oxygen atoms in total. The maximum absolute atomic E-state index is 12.5. The number of nitrogens with one attached hydrogen (secondary N) is 1. The third kappa shape index (κ3) is 4.68. The van der Waals surface area contributed by atoms with E-state index in [1.54, 1.807) is 30.3 Å². The van der Waals surface area contributed by atoms with E-state index in [2.05, 4.69) is 27.9 Å². The van der Waals surface area contributed by atoms with Gasteiger partial charge in [-0.15, -0.1) is 0 Å². The third-order valence-electron chi connectivity index (χ3n) is 3.04. The van der Waals surface area contributed by atoms with Crippen LogP contribution in [0.1, 0.15) is 24.2 Å². The molecule has 0 spiro atoms. The van der Waals surface area contributed by atoms with Gasteiger partial charge in [0.1, 0.15) is 0 Å². The summed E-state index contributed by atoms with van der Waals surface area (Å²) in [6.45, 7) is 4.77. The van der Waals surface area contributed by atoms with Crippen molar-refractivity contribution in [2.24, 2.45) is 0 Å². The molecule has 0 aromatic heterocycles. The Morgan fingerprint density at radius 1 is 1.12 bits per heavy atom. The number of ether oxygens (including phenoxy) is 2. The van der Waals surface area contributed by atoms with Gasteiger partial charge in [0, 0.05) is 10.6 Å². The zero-order valence-electron chi connectivity index (χ0n) is 13.2. The highest BCUT2D eigenvalue weighted by Gasteiger charge is 2.16. The van der Waals surface area contributed by atoms with Crippen LogP contribution in [0.25, 0.3) is 0 Å². The normalized spacial score (nSPS) is 10.4. The minimum atomic E-state index is -0.291. The van der Waals surface area contributed by atoms with Crippen molar-refractivity contribution >= 4 is 57.4 Å². The van der Waals surface area contributed by atoms with Crippen molar-refractivity contribution in [3.05, 3.63) is 49.5 Å². The Labute approximate surface area is 164 Å². The largest absolute Gasteiger partial charge is 0.490 e. The van der Waals surface area contributed by atoms with Crippen LogP contribution in [0.4, 0.5) is 5.69 Å². The molecule has 24 heavy (non-hydrogen) atoms. The lowest BCUT2D eigenvalue weighted by Crippen LogP contribution is -2.13. The van der Waals surface area contributed by atoms with Crippen LogP contribution < -0.4 is 14.8 Å². The first-order valence-corrected chi connectivity index (χ1v) is 9.15. The van der Waals surface area contributed by atoms with E-state index in [0.717, 1.165) is 3.57 Å². The second kappa shape index (κ2) is 8.78. The molecular formula is C17H16Cl2INO3. The SMILES string of the molecule is CCOc1cc(C(=O)Nc2ccc(Cl)cc2Cl)cc(I)c1OCC. The molecule has 7 heteroatoms. The zero-order chi connectivity index (χ0) is 17.7. The molecule has 0 unspecified atom stereocenters. The van der Waals surface area contributed by atoms with Gasteiger partial charge in [0.2, 0.25) is 0 Å². The van der Waals surface area contributed by atoms with Crippen molar-refractivity contribution in [1.82, 2.24) is 0 Å². The van der Waals surface area contributed by atoms with Crippen molar-refractivity contribution in [2.45, 2.75) is 13.8 Å². The standard InChI is InChI=1S/C17H16Cl2INO3/c1-3-23-15-8-10(7-13(20)16(15)24-4-2)17(22)21-14-6-5-11(18)9-12(14)19/h5-9H,3-4H2,1-2H3,(H,21,22). The predicted octanol–water partition coefficient (Wildman–Crippen LogP) is 5.65. The molecule has 0 atom stereocenters. The Morgan fingerprint density at radius 2 is 1.83 bits per heavy atom. The van der Waals surface area contributed by atoms with Crippen LogP contribution in [0.3, 0.4) is 0 Å². The van der Waals surface area contributed by atoms with Gasteiger partial charge in [0.15, 0.2) is 11.5 Å². The Hall–Kier alpha value is -1.18. The van der Waals surface area contributed by atoms with E-state index < -0.39 is 0 Å². The van der Waals surface area contributed by atoms with E-state index in [0.29, 0.717) is 46.0 Å². The summed E-state index contributed by atoms with van der Waals surface area (Å²) < 4.78 is 12.0. The molecular weight excluding hydrogens is 464 g/mol. The Kier molecular flexibility index (Phi) is 7.01. The Balaban J connectivity index is 2.31. The summed E-state index contributed by atoms with van der Waals surface area (Å²) in [5.41, 5.74) is 0.949. The number of hydrogen-bond donors (Lipinski definition) is 1. The van der Waals surface area contributed by atoms with Gasteiger partial charge in [-0.25, -0.2) is 0 Å². The summed E-state index contributed by atoms with van der Waals surface area (Å²) in [6, 6.07) is 8.30. The molecule has 0 fully saturated rings.